The van der Waals surface area contributed by atoms with Crippen LogP contribution in [-0.2, 0) is 26.9 Å². The van der Waals surface area contributed by atoms with Crippen molar-refractivity contribution >= 4 is 0 Å². The van der Waals surface area contributed by atoms with E-state index in [2.05, 4.69) is 19.1 Å². The first-order valence-electron chi connectivity index (χ1n) is 5.70. The van der Waals surface area contributed by atoms with Gasteiger partial charge in [0.15, 0.2) is 0 Å². The van der Waals surface area contributed by atoms with Crippen molar-refractivity contribution in [3.8, 4) is 0 Å². The molecular weight excluding hydrogens is 216 g/mol. The van der Waals surface area contributed by atoms with Gasteiger partial charge in [-0.1, -0.05) is 0 Å². The van der Waals surface area contributed by atoms with Gasteiger partial charge in [0.2, 0.25) is 0 Å². The lowest BCUT2D eigenvalue weighted by atomic mass is 10.2. The summed E-state index contributed by atoms with van der Waals surface area (Å²) in [5.41, 5.74) is 0. The molecule has 2 N–H and O–H groups in total. The molecule has 2 rings (SSSR count). The third-order valence-electron chi connectivity index (χ3n) is 2.89. The maximum absolute atomic E-state index is 4.31. The van der Waals surface area contributed by atoms with E-state index in [1.165, 1.54) is 11.6 Å². The summed E-state index contributed by atoms with van der Waals surface area (Å²) in [6.07, 6.45) is 12.1. The molecule has 2 aromatic rings. The number of rotatable bonds is 5. The number of unbranched alkanes of at least 4 members (excludes halogenated alkanes) is 1. The molecule has 0 aliphatic rings. The molecule has 0 amide bonds. The van der Waals surface area contributed by atoms with Gasteiger partial charge in [-0.05, 0) is 12.8 Å². The second-order valence-electron chi connectivity index (χ2n) is 4.12. The van der Waals surface area contributed by atoms with Crippen LogP contribution in [0.15, 0.2) is 24.8 Å². The van der Waals surface area contributed by atoms with Crippen molar-refractivity contribution in [1.82, 2.24) is 19.1 Å². The number of nitrogens with zero attached hydrogens (tertiary/aromatic N) is 4. The fourth-order valence-corrected chi connectivity index (χ4v) is 1.84. The summed E-state index contributed by atoms with van der Waals surface area (Å²) in [6, 6.07) is 0. The smallest absolute Gasteiger partial charge is 0.108 e. The van der Waals surface area contributed by atoms with Crippen molar-refractivity contribution in [3.63, 3.8) is 0 Å². The third-order valence-corrected chi connectivity index (χ3v) is 2.89. The van der Waals surface area contributed by atoms with Crippen LogP contribution in [0, 0.1) is 0 Å². The van der Waals surface area contributed by atoms with Crippen LogP contribution in [0.2, 0.25) is 0 Å². The number of imidazole rings is 2. The van der Waals surface area contributed by atoms with Crippen LogP contribution in [-0.4, -0.2) is 24.6 Å². The molecule has 94 valence electrons. The SMILES string of the molecule is Cn1ccnc1CCCCc1nccn1C.O. The second-order valence-corrected chi connectivity index (χ2v) is 4.12. The first kappa shape index (κ1) is 13.4. The Labute approximate surface area is 101 Å². The summed E-state index contributed by atoms with van der Waals surface area (Å²) >= 11 is 0. The van der Waals surface area contributed by atoms with Crippen LogP contribution in [0.1, 0.15) is 24.5 Å². The predicted octanol–water partition coefficient (Wildman–Crippen LogP) is 0.894. The lowest BCUT2D eigenvalue weighted by Crippen LogP contribution is -2.00. The van der Waals surface area contributed by atoms with Crippen LogP contribution in [0.3, 0.4) is 0 Å². The van der Waals surface area contributed by atoms with Gasteiger partial charge in [-0.25, -0.2) is 9.97 Å². The normalized spacial score (nSPS) is 10.2. The highest BCUT2D eigenvalue weighted by Gasteiger charge is 2.01. The van der Waals surface area contributed by atoms with Crippen molar-refractivity contribution < 1.29 is 5.48 Å². The highest BCUT2D eigenvalue weighted by Crippen LogP contribution is 2.05. The zero-order chi connectivity index (χ0) is 11.4. The average Bonchev–Trinajstić information content (AvgIpc) is 2.84. The predicted molar refractivity (Wildman–Crippen MR) is 66.7 cm³/mol. The molecule has 0 atom stereocenters. The van der Waals surface area contributed by atoms with Gasteiger partial charge >= 0.3 is 0 Å². The minimum absolute atomic E-state index is 0. The van der Waals surface area contributed by atoms with Crippen LogP contribution in [0.4, 0.5) is 0 Å². The highest BCUT2D eigenvalue weighted by atomic mass is 16.0. The van der Waals surface area contributed by atoms with Crippen molar-refractivity contribution in [2.75, 3.05) is 0 Å². The maximum atomic E-state index is 4.31. The zero-order valence-electron chi connectivity index (χ0n) is 10.4. The summed E-state index contributed by atoms with van der Waals surface area (Å²) in [6.45, 7) is 0. The Morgan fingerprint density at radius 2 is 1.29 bits per heavy atom. The molecule has 0 unspecified atom stereocenters. The Kier molecular flexibility index (Phi) is 4.90. The molecule has 17 heavy (non-hydrogen) atoms. The first-order valence-corrected chi connectivity index (χ1v) is 5.70. The molecule has 0 bridgehead atoms. The van der Waals surface area contributed by atoms with E-state index in [-0.39, 0.29) is 5.48 Å². The molecule has 0 spiro atoms. The minimum Gasteiger partial charge on any atom is -0.412 e. The van der Waals surface area contributed by atoms with Gasteiger partial charge in [0.1, 0.15) is 11.6 Å². The van der Waals surface area contributed by atoms with E-state index < -0.39 is 0 Å². The largest absolute Gasteiger partial charge is 0.412 e. The van der Waals surface area contributed by atoms with Gasteiger partial charge in [-0.15, -0.1) is 0 Å². The van der Waals surface area contributed by atoms with E-state index in [0.29, 0.717) is 0 Å². The number of aromatic nitrogens is 4. The Balaban J connectivity index is 0.00000144. The Morgan fingerprint density at radius 1 is 0.882 bits per heavy atom. The molecule has 0 aliphatic carbocycles. The van der Waals surface area contributed by atoms with E-state index >= 15 is 0 Å². The van der Waals surface area contributed by atoms with Crippen molar-refractivity contribution in [1.29, 1.82) is 0 Å². The average molecular weight is 236 g/mol. The number of aryl methyl sites for hydroxylation is 4. The van der Waals surface area contributed by atoms with Crippen molar-refractivity contribution in [3.05, 3.63) is 36.4 Å². The Morgan fingerprint density at radius 3 is 1.59 bits per heavy atom. The topological polar surface area (TPSA) is 67.1 Å². The van der Waals surface area contributed by atoms with Crippen LogP contribution < -0.4 is 0 Å². The molecule has 0 aromatic carbocycles. The van der Waals surface area contributed by atoms with E-state index in [1.54, 1.807) is 0 Å². The van der Waals surface area contributed by atoms with Gasteiger partial charge in [0, 0.05) is 51.7 Å². The number of hydrogen-bond donors (Lipinski definition) is 0. The fourth-order valence-electron chi connectivity index (χ4n) is 1.84. The van der Waals surface area contributed by atoms with E-state index in [4.69, 9.17) is 0 Å². The molecule has 5 nitrogen and oxygen atoms in total. The summed E-state index contributed by atoms with van der Waals surface area (Å²) in [5, 5.41) is 0. The summed E-state index contributed by atoms with van der Waals surface area (Å²) in [5.74, 6) is 2.33. The fraction of sp³-hybridized carbons (Fsp3) is 0.500. The van der Waals surface area contributed by atoms with Crippen molar-refractivity contribution in [2.24, 2.45) is 14.1 Å². The summed E-state index contributed by atoms with van der Waals surface area (Å²) < 4.78 is 4.17. The standard InChI is InChI=1S/C12H18N4.H2O/c1-15-9-7-13-11(15)5-3-4-6-12-14-8-10-16(12)2;/h7-10H,3-6H2,1-2H3;1H2. The summed E-state index contributed by atoms with van der Waals surface area (Å²) in [7, 11) is 4.09. The third kappa shape index (κ3) is 3.42. The lowest BCUT2D eigenvalue weighted by Gasteiger charge is -2.02. The van der Waals surface area contributed by atoms with E-state index in [9.17, 15) is 0 Å². The highest BCUT2D eigenvalue weighted by molar-refractivity contribution is 4.93. The maximum Gasteiger partial charge on any atom is 0.108 e. The molecule has 0 saturated carbocycles. The van der Waals surface area contributed by atoms with Gasteiger partial charge in [0.25, 0.3) is 0 Å². The number of hydrogen-bond acceptors (Lipinski definition) is 2. The minimum atomic E-state index is 0. The monoisotopic (exact) mass is 236 g/mol. The van der Waals surface area contributed by atoms with Gasteiger partial charge in [-0.2, -0.15) is 0 Å². The van der Waals surface area contributed by atoms with E-state index in [1.807, 2.05) is 38.9 Å². The molecule has 0 radical (unpaired) electrons. The van der Waals surface area contributed by atoms with Gasteiger partial charge in [-0.3, -0.25) is 0 Å². The zero-order valence-corrected chi connectivity index (χ0v) is 10.4. The Bertz CT molecular complexity index is 405. The van der Waals surface area contributed by atoms with Crippen LogP contribution >= 0.6 is 0 Å². The molecule has 5 heteroatoms. The second kappa shape index (κ2) is 6.20. The van der Waals surface area contributed by atoms with Crippen LogP contribution in [0.5, 0.6) is 0 Å². The molecule has 2 aromatic heterocycles. The van der Waals surface area contributed by atoms with E-state index in [0.717, 1.165) is 25.7 Å². The molecular formula is C12H20N4O. The molecule has 0 fully saturated rings. The Hall–Kier alpha value is -1.62. The van der Waals surface area contributed by atoms with Crippen molar-refractivity contribution in [2.45, 2.75) is 25.7 Å². The van der Waals surface area contributed by atoms with Gasteiger partial charge in [0.05, 0.1) is 0 Å². The first-order chi connectivity index (χ1) is 7.77. The summed E-state index contributed by atoms with van der Waals surface area (Å²) in [4.78, 5) is 8.62. The lowest BCUT2D eigenvalue weighted by molar-refractivity contribution is 0.652. The van der Waals surface area contributed by atoms with Crippen LogP contribution in [0.25, 0.3) is 0 Å². The molecule has 2 heterocycles. The van der Waals surface area contributed by atoms with Gasteiger partial charge < -0.3 is 14.6 Å². The quantitative estimate of drug-likeness (QED) is 0.724. The molecule has 0 aliphatic heterocycles. The molecule has 0 saturated heterocycles.